The minimum absolute atomic E-state index is 0.0244. The lowest BCUT2D eigenvalue weighted by molar-refractivity contribution is -0.384. The molecule has 0 bridgehead atoms. The zero-order valence-corrected chi connectivity index (χ0v) is 21.3. The van der Waals surface area contributed by atoms with E-state index in [0.29, 0.717) is 22.7 Å². The highest BCUT2D eigenvalue weighted by Gasteiger charge is 2.69. The standard InChI is InChI=1S/C29H26ClN3O4/c1-16-13-17(2)26-22(14-16)29(28(35)31-26)25(27(34)18-8-10-20(30)11-9-18)24(23-7-4-12-32(23)29)19-5-3-6-21(15-19)33(36)37/h3,5-6,8-11,13-15,23-25H,4,7,12H2,1-2H3,(H,31,35)/t23?,24?,25?,29-/m1/s1. The molecule has 3 aliphatic rings. The van der Waals surface area contributed by atoms with E-state index < -0.39 is 22.3 Å². The quantitative estimate of drug-likeness (QED) is 0.270. The fourth-order valence-corrected chi connectivity index (χ4v) is 7.16. The average Bonchev–Trinajstić information content (AvgIpc) is 3.53. The van der Waals surface area contributed by atoms with Crippen LogP contribution < -0.4 is 5.32 Å². The van der Waals surface area contributed by atoms with Crippen molar-refractivity contribution in [1.82, 2.24) is 4.90 Å². The van der Waals surface area contributed by atoms with Crippen molar-refractivity contribution < 1.29 is 14.5 Å². The number of amides is 1. The minimum Gasteiger partial charge on any atom is -0.324 e. The number of fused-ring (bicyclic) bond motifs is 4. The Bertz CT molecular complexity index is 1470. The molecule has 1 amide bonds. The third-order valence-corrected chi connectivity index (χ3v) is 8.58. The summed E-state index contributed by atoms with van der Waals surface area (Å²) in [4.78, 5) is 42.1. The maximum absolute atomic E-state index is 14.5. The van der Waals surface area contributed by atoms with Gasteiger partial charge < -0.3 is 5.32 Å². The van der Waals surface area contributed by atoms with Crippen molar-refractivity contribution in [1.29, 1.82) is 0 Å². The Hall–Kier alpha value is -3.55. The predicted molar refractivity (Wildman–Crippen MR) is 141 cm³/mol. The number of anilines is 1. The lowest BCUT2D eigenvalue weighted by Crippen LogP contribution is -2.52. The number of ketones is 1. The van der Waals surface area contributed by atoms with Gasteiger partial charge in [0.2, 0.25) is 5.91 Å². The lowest BCUT2D eigenvalue weighted by Gasteiger charge is -2.37. The molecule has 4 atom stereocenters. The number of carbonyl (C=O) groups is 2. The number of nitrogens with zero attached hydrogens (tertiary/aromatic N) is 2. The molecule has 0 radical (unpaired) electrons. The first-order valence-electron chi connectivity index (χ1n) is 12.5. The van der Waals surface area contributed by atoms with Crippen molar-refractivity contribution in [3.63, 3.8) is 0 Å². The summed E-state index contributed by atoms with van der Waals surface area (Å²) in [6.45, 7) is 4.63. The molecule has 0 aromatic heterocycles. The van der Waals surface area contributed by atoms with Crippen molar-refractivity contribution >= 4 is 34.7 Å². The van der Waals surface area contributed by atoms with Crippen LogP contribution in [0.3, 0.4) is 0 Å². The van der Waals surface area contributed by atoms with Gasteiger partial charge in [-0.25, -0.2) is 0 Å². The fourth-order valence-electron chi connectivity index (χ4n) is 7.03. The van der Waals surface area contributed by atoms with Crippen molar-refractivity contribution in [3.8, 4) is 0 Å². The number of hydrogen-bond donors (Lipinski definition) is 1. The highest BCUT2D eigenvalue weighted by molar-refractivity contribution is 6.30. The number of nitro groups is 1. The van der Waals surface area contributed by atoms with E-state index in [1.165, 1.54) is 6.07 Å². The fraction of sp³-hybridized carbons (Fsp3) is 0.310. The molecule has 1 spiro atoms. The van der Waals surface area contributed by atoms with E-state index >= 15 is 0 Å². The van der Waals surface area contributed by atoms with Gasteiger partial charge in [0.25, 0.3) is 5.69 Å². The number of nitro benzene ring substituents is 1. The van der Waals surface area contributed by atoms with Crippen molar-refractivity contribution in [2.24, 2.45) is 5.92 Å². The van der Waals surface area contributed by atoms with Gasteiger partial charge in [0.05, 0.1) is 10.8 Å². The van der Waals surface area contributed by atoms with Crippen molar-refractivity contribution in [2.75, 3.05) is 11.9 Å². The number of rotatable bonds is 4. The van der Waals surface area contributed by atoms with Gasteiger partial charge in [-0.2, -0.15) is 0 Å². The summed E-state index contributed by atoms with van der Waals surface area (Å²) in [5.74, 6) is -1.54. The SMILES string of the molecule is Cc1cc(C)c2c(c1)[C@]1(C(=O)N2)C(C(=O)c2ccc(Cl)cc2)C(c2cccc([N+](=O)[O-])c2)C2CCCN21. The van der Waals surface area contributed by atoms with Crippen LogP contribution in [-0.4, -0.2) is 34.1 Å². The molecular formula is C29H26ClN3O4. The molecule has 188 valence electrons. The van der Waals surface area contributed by atoms with Gasteiger partial charge in [-0.1, -0.05) is 41.4 Å². The van der Waals surface area contributed by atoms with Crippen LogP contribution in [0.2, 0.25) is 5.02 Å². The van der Waals surface area contributed by atoms with E-state index in [9.17, 15) is 19.7 Å². The summed E-state index contributed by atoms with van der Waals surface area (Å²) < 4.78 is 0. The first kappa shape index (κ1) is 23.8. The monoisotopic (exact) mass is 515 g/mol. The van der Waals surface area contributed by atoms with E-state index in [2.05, 4.69) is 10.2 Å². The first-order chi connectivity index (χ1) is 17.7. The Labute approximate surface area is 219 Å². The number of Topliss-reactive ketones (excluding diaryl/α,β-unsaturated/α-hetero) is 1. The van der Waals surface area contributed by atoms with Gasteiger partial charge in [0.15, 0.2) is 5.78 Å². The number of aryl methyl sites for hydroxylation is 2. The highest BCUT2D eigenvalue weighted by Crippen LogP contribution is 2.61. The molecule has 37 heavy (non-hydrogen) atoms. The molecule has 6 rings (SSSR count). The topological polar surface area (TPSA) is 92.5 Å². The minimum atomic E-state index is -1.21. The molecule has 3 unspecified atom stereocenters. The van der Waals surface area contributed by atoms with Crippen LogP contribution >= 0.6 is 11.6 Å². The number of nitrogens with one attached hydrogen (secondary N) is 1. The van der Waals surface area contributed by atoms with Crippen LogP contribution in [0, 0.1) is 29.9 Å². The molecular weight excluding hydrogens is 490 g/mol. The lowest BCUT2D eigenvalue weighted by atomic mass is 9.68. The number of halogens is 1. The largest absolute Gasteiger partial charge is 0.324 e. The van der Waals surface area contributed by atoms with Crippen LogP contribution in [-0.2, 0) is 10.3 Å². The number of non-ortho nitro benzene ring substituents is 1. The van der Waals surface area contributed by atoms with E-state index in [1.807, 2.05) is 32.0 Å². The molecule has 3 heterocycles. The second-order valence-electron chi connectivity index (χ2n) is 10.4. The Morgan fingerprint density at radius 1 is 1.14 bits per heavy atom. The molecule has 3 aliphatic heterocycles. The Morgan fingerprint density at radius 2 is 1.89 bits per heavy atom. The van der Waals surface area contributed by atoms with E-state index in [0.717, 1.165) is 35.2 Å². The van der Waals surface area contributed by atoms with Gasteiger partial charge in [-0.15, -0.1) is 0 Å². The molecule has 0 aliphatic carbocycles. The number of hydrogen-bond acceptors (Lipinski definition) is 5. The molecule has 3 aromatic carbocycles. The van der Waals surface area contributed by atoms with Crippen LogP contribution in [0.4, 0.5) is 11.4 Å². The molecule has 0 saturated carbocycles. The Morgan fingerprint density at radius 3 is 2.62 bits per heavy atom. The third kappa shape index (κ3) is 3.37. The summed E-state index contributed by atoms with van der Waals surface area (Å²) in [5.41, 5.74) is 3.49. The number of benzene rings is 3. The van der Waals surface area contributed by atoms with Gasteiger partial charge in [-0.3, -0.25) is 24.6 Å². The summed E-state index contributed by atoms with van der Waals surface area (Å²) in [5, 5.41) is 15.3. The summed E-state index contributed by atoms with van der Waals surface area (Å²) in [6, 6.07) is 17.2. The van der Waals surface area contributed by atoms with Gasteiger partial charge in [0, 0.05) is 45.9 Å². The third-order valence-electron chi connectivity index (χ3n) is 8.33. The zero-order valence-electron chi connectivity index (χ0n) is 20.5. The van der Waals surface area contributed by atoms with Crippen LogP contribution in [0.1, 0.15) is 51.4 Å². The van der Waals surface area contributed by atoms with Crippen molar-refractivity contribution in [2.45, 2.75) is 44.2 Å². The van der Waals surface area contributed by atoms with Crippen molar-refractivity contribution in [3.05, 3.63) is 104 Å². The maximum atomic E-state index is 14.5. The smallest absolute Gasteiger partial charge is 0.269 e. The van der Waals surface area contributed by atoms with E-state index in [1.54, 1.807) is 36.4 Å². The average molecular weight is 516 g/mol. The first-order valence-corrected chi connectivity index (χ1v) is 12.9. The van der Waals surface area contributed by atoms with Crippen LogP contribution in [0.15, 0.2) is 60.7 Å². The Balaban J connectivity index is 1.64. The van der Waals surface area contributed by atoms with Gasteiger partial charge in [0.1, 0.15) is 5.54 Å². The van der Waals surface area contributed by atoms with Crippen LogP contribution in [0.5, 0.6) is 0 Å². The summed E-state index contributed by atoms with van der Waals surface area (Å²) in [6.07, 6.45) is 1.68. The van der Waals surface area contributed by atoms with Gasteiger partial charge in [-0.05, 0) is 68.6 Å². The normalized spacial score (nSPS) is 26.2. The van der Waals surface area contributed by atoms with Gasteiger partial charge >= 0.3 is 0 Å². The molecule has 1 N–H and O–H groups in total. The molecule has 8 heteroatoms. The van der Waals surface area contributed by atoms with E-state index in [-0.39, 0.29) is 23.4 Å². The second-order valence-corrected chi connectivity index (χ2v) is 10.8. The summed E-state index contributed by atoms with van der Waals surface area (Å²) in [7, 11) is 0. The molecule has 2 fully saturated rings. The Kier molecular flexibility index (Phi) is 5.47. The zero-order chi connectivity index (χ0) is 26.1. The summed E-state index contributed by atoms with van der Waals surface area (Å²) >= 11 is 6.12. The van der Waals surface area contributed by atoms with Crippen LogP contribution in [0.25, 0.3) is 0 Å². The second kappa shape index (κ2) is 8.50. The predicted octanol–water partition coefficient (Wildman–Crippen LogP) is 5.77. The molecule has 3 aromatic rings. The highest BCUT2D eigenvalue weighted by atomic mass is 35.5. The maximum Gasteiger partial charge on any atom is 0.269 e. The molecule has 7 nitrogen and oxygen atoms in total. The molecule has 2 saturated heterocycles. The number of carbonyl (C=O) groups excluding carboxylic acids is 2. The van der Waals surface area contributed by atoms with E-state index in [4.69, 9.17) is 11.6 Å².